The Balaban J connectivity index is 1.91. The monoisotopic (exact) mass is 253 g/mol. The molecule has 0 bridgehead atoms. The molecule has 0 saturated carbocycles. The van der Waals surface area contributed by atoms with Crippen LogP contribution in [0.25, 0.3) is 22.8 Å². The minimum atomic E-state index is 0.808. The number of aromatic amines is 1. The Morgan fingerprint density at radius 1 is 1.11 bits per heavy atom. The zero-order valence-corrected chi connectivity index (χ0v) is 10.9. The lowest BCUT2D eigenvalue weighted by atomic mass is 10.2. The average Bonchev–Trinajstić information content (AvgIpc) is 3.07. The van der Waals surface area contributed by atoms with Crippen LogP contribution in [0.5, 0.6) is 0 Å². The van der Waals surface area contributed by atoms with Gasteiger partial charge in [0.1, 0.15) is 17.3 Å². The van der Waals surface area contributed by atoms with Crippen LogP contribution >= 0.6 is 0 Å². The van der Waals surface area contributed by atoms with Crippen molar-refractivity contribution in [3.63, 3.8) is 0 Å². The van der Waals surface area contributed by atoms with Crippen molar-refractivity contribution in [2.24, 2.45) is 0 Å². The maximum absolute atomic E-state index is 5.57. The van der Waals surface area contributed by atoms with E-state index in [0.29, 0.717) is 0 Å². The first-order valence-corrected chi connectivity index (χ1v) is 6.16. The highest BCUT2D eigenvalue weighted by Crippen LogP contribution is 2.24. The molecule has 2 heterocycles. The predicted octanol–water partition coefficient (Wildman–Crippen LogP) is 3.69. The fourth-order valence-corrected chi connectivity index (χ4v) is 1.97. The number of nitrogens with zero attached hydrogens (tertiary/aromatic N) is 1. The lowest BCUT2D eigenvalue weighted by molar-refractivity contribution is 0.547. The number of rotatable bonds is 3. The molecule has 0 fully saturated rings. The molecule has 0 unspecified atom stereocenters. The molecular formula is C15H15N3O. The summed E-state index contributed by atoms with van der Waals surface area (Å²) in [6.07, 6.45) is 1.79. The van der Waals surface area contributed by atoms with Gasteiger partial charge in [-0.1, -0.05) is 0 Å². The van der Waals surface area contributed by atoms with Crippen LogP contribution in [0.3, 0.4) is 0 Å². The molecule has 19 heavy (non-hydrogen) atoms. The summed E-state index contributed by atoms with van der Waals surface area (Å²) in [6.45, 7) is 1.93. The maximum atomic E-state index is 5.57. The molecule has 3 aromatic rings. The number of hydrogen-bond acceptors (Lipinski definition) is 3. The lowest BCUT2D eigenvalue weighted by Crippen LogP contribution is -1.87. The van der Waals surface area contributed by atoms with Gasteiger partial charge in [-0.05, 0) is 43.3 Å². The maximum Gasteiger partial charge on any atom is 0.152 e. The molecule has 2 N–H and O–H groups in total. The quantitative estimate of drug-likeness (QED) is 0.748. The second-order valence-corrected chi connectivity index (χ2v) is 4.38. The fourth-order valence-electron chi connectivity index (χ4n) is 1.97. The molecule has 0 amide bonds. The standard InChI is InChI=1S/C15H15N3O/c1-10-3-8-14(19-10)13-9-17-15(18-13)11-4-6-12(16-2)7-5-11/h3-9,16H,1-2H3,(H,17,18). The number of imidazole rings is 1. The van der Waals surface area contributed by atoms with Gasteiger partial charge in [-0.3, -0.25) is 0 Å². The normalized spacial score (nSPS) is 10.6. The van der Waals surface area contributed by atoms with E-state index in [1.165, 1.54) is 0 Å². The number of aromatic nitrogens is 2. The van der Waals surface area contributed by atoms with Crippen molar-refractivity contribution in [3.8, 4) is 22.8 Å². The summed E-state index contributed by atoms with van der Waals surface area (Å²) in [6, 6.07) is 12.0. The Hall–Kier alpha value is -2.49. The highest BCUT2D eigenvalue weighted by atomic mass is 16.3. The molecule has 0 radical (unpaired) electrons. The highest BCUT2D eigenvalue weighted by Gasteiger charge is 2.08. The predicted molar refractivity (Wildman–Crippen MR) is 76.0 cm³/mol. The van der Waals surface area contributed by atoms with Gasteiger partial charge in [0.05, 0.1) is 6.20 Å². The first kappa shape index (κ1) is 11.6. The summed E-state index contributed by atoms with van der Waals surface area (Å²) in [5.74, 6) is 2.54. The first-order valence-electron chi connectivity index (χ1n) is 6.16. The van der Waals surface area contributed by atoms with E-state index in [0.717, 1.165) is 34.3 Å². The Morgan fingerprint density at radius 2 is 1.89 bits per heavy atom. The van der Waals surface area contributed by atoms with Crippen LogP contribution < -0.4 is 5.32 Å². The fraction of sp³-hybridized carbons (Fsp3) is 0.133. The third-order valence-electron chi connectivity index (χ3n) is 3.03. The molecule has 1 aromatic carbocycles. The van der Waals surface area contributed by atoms with Gasteiger partial charge in [-0.15, -0.1) is 0 Å². The van der Waals surface area contributed by atoms with E-state index in [1.807, 2.05) is 50.4 Å². The smallest absolute Gasteiger partial charge is 0.152 e. The van der Waals surface area contributed by atoms with Crippen LogP contribution in [0.4, 0.5) is 5.69 Å². The number of benzene rings is 1. The van der Waals surface area contributed by atoms with Crippen molar-refractivity contribution in [1.82, 2.24) is 9.97 Å². The van der Waals surface area contributed by atoms with Crippen LogP contribution in [-0.4, -0.2) is 17.0 Å². The molecule has 0 aliphatic rings. The van der Waals surface area contributed by atoms with E-state index >= 15 is 0 Å². The van der Waals surface area contributed by atoms with Gasteiger partial charge in [0, 0.05) is 18.3 Å². The summed E-state index contributed by atoms with van der Waals surface area (Å²) in [4.78, 5) is 7.66. The Bertz CT molecular complexity index is 679. The molecular weight excluding hydrogens is 238 g/mol. The van der Waals surface area contributed by atoms with Crippen LogP contribution in [-0.2, 0) is 0 Å². The largest absolute Gasteiger partial charge is 0.460 e. The molecule has 0 atom stereocenters. The van der Waals surface area contributed by atoms with Gasteiger partial charge >= 0.3 is 0 Å². The van der Waals surface area contributed by atoms with E-state index in [-0.39, 0.29) is 0 Å². The highest BCUT2D eigenvalue weighted by molar-refractivity contribution is 5.63. The molecule has 4 heteroatoms. The van der Waals surface area contributed by atoms with Gasteiger partial charge < -0.3 is 14.7 Å². The zero-order valence-electron chi connectivity index (χ0n) is 10.9. The topological polar surface area (TPSA) is 53.9 Å². The molecule has 0 spiro atoms. The molecule has 3 rings (SSSR count). The van der Waals surface area contributed by atoms with Crippen molar-refractivity contribution >= 4 is 5.69 Å². The van der Waals surface area contributed by atoms with Crippen LogP contribution in [0.1, 0.15) is 5.76 Å². The van der Waals surface area contributed by atoms with E-state index < -0.39 is 0 Å². The summed E-state index contributed by atoms with van der Waals surface area (Å²) < 4.78 is 5.57. The van der Waals surface area contributed by atoms with Crippen molar-refractivity contribution in [2.75, 3.05) is 12.4 Å². The summed E-state index contributed by atoms with van der Waals surface area (Å²) in [7, 11) is 1.90. The second kappa shape index (κ2) is 4.65. The van der Waals surface area contributed by atoms with E-state index in [2.05, 4.69) is 15.3 Å². The van der Waals surface area contributed by atoms with Crippen LogP contribution in [0, 0.1) is 6.92 Å². The lowest BCUT2D eigenvalue weighted by Gasteiger charge is -2.00. The zero-order chi connectivity index (χ0) is 13.2. The van der Waals surface area contributed by atoms with E-state index in [4.69, 9.17) is 4.42 Å². The molecule has 0 saturated heterocycles. The number of anilines is 1. The summed E-state index contributed by atoms with van der Waals surface area (Å²) in [5, 5.41) is 3.09. The number of furan rings is 1. The molecule has 96 valence electrons. The number of aryl methyl sites for hydroxylation is 1. The Morgan fingerprint density at radius 3 is 2.53 bits per heavy atom. The van der Waals surface area contributed by atoms with Gasteiger partial charge in [0.25, 0.3) is 0 Å². The van der Waals surface area contributed by atoms with Crippen molar-refractivity contribution in [3.05, 3.63) is 48.4 Å². The van der Waals surface area contributed by atoms with Crippen molar-refractivity contribution in [2.45, 2.75) is 6.92 Å². The Kier molecular flexibility index (Phi) is 2.83. The SMILES string of the molecule is CNc1ccc(-c2ncc(-c3ccc(C)o3)[nH]2)cc1. The number of H-pyrrole nitrogens is 1. The van der Waals surface area contributed by atoms with Gasteiger partial charge in [0.15, 0.2) is 5.76 Å². The van der Waals surface area contributed by atoms with Crippen molar-refractivity contribution in [1.29, 1.82) is 0 Å². The minimum absolute atomic E-state index is 0.808. The first-order chi connectivity index (χ1) is 9.26. The van der Waals surface area contributed by atoms with Gasteiger partial charge in [-0.2, -0.15) is 0 Å². The van der Waals surface area contributed by atoms with Crippen molar-refractivity contribution < 1.29 is 4.42 Å². The van der Waals surface area contributed by atoms with Gasteiger partial charge in [-0.25, -0.2) is 4.98 Å². The average molecular weight is 253 g/mol. The van der Waals surface area contributed by atoms with E-state index in [1.54, 1.807) is 6.20 Å². The van der Waals surface area contributed by atoms with E-state index in [9.17, 15) is 0 Å². The second-order valence-electron chi connectivity index (χ2n) is 4.38. The summed E-state index contributed by atoms with van der Waals surface area (Å²) >= 11 is 0. The third-order valence-corrected chi connectivity index (χ3v) is 3.03. The van der Waals surface area contributed by atoms with Crippen LogP contribution in [0.15, 0.2) is 47.0 Å². The molecule has 0 aliphatic heterocycles. The molecule has 0 aliphatic carbocycles. The minimum Gasteiger partial charge on any atom is -0.460 e. The third kappa shape index (κ3) is 2.25. The Labute approximate surface area is 111 Å². The number of hydrogen-bond donors (Lipinski definition) is 2. The van der Waals surface area contributed by atoms with Gasteiger partial charge in [0.2, 0.25) is 0 Å². The molecule has 2 aromatic heterocycles. The molecule has 4 nitrogen and oxygen atoms in total. The number of nitrogens with one attached hydrogen (secondary N) is 2. The summed E-state index contributed by atoms with van der Waals surface area (Å²) in [5.41, 5.74) is 3.02. The van der Waals surface area contributed by atoms with Crippen LogP contribution in [0.2, 0.25) is 0 Å².